The van der Waals surface area contributed by atoms with Crippen molar-refractivity contribution < 1.29 is 8.60 Å². The maximum Gasteiger partial charge on any atom is 0.210 e. The summed E-state index contributed by atoms with van der Waals surface area (Å²) in [5.41, 5.74) is 0.643. The number of nitrogens with zero attached hydrogens (tertiary/aromatic N) is 4. The Bertz CT molecular complexity index is 837. The first-order valence-corrected chi connectivity index (χ1v) is 8.01. The van der Waals surface area contributed by atoms with Gasteiger partial charge in [0.2, 0.25) is 5.16 Å². The summed E-state index contributed by atoms with van der Waals surface area (Å²) in [4.78, 5) is 12.9. The van der Waals surface area contributed by atoms with Crippen LogP contribution in [0.25, 0.3) is 5.82 Å². The van der Waals surface area contributed by atoms with E-state index in [2.05, 4.69) is 20.3 Å². The van der Waals surface area contributed by atoms with Crippen molar-refractivity contribution in [3.8, 4) is 5.82 Å². The van der Waals surface area contributed by atoms with Crippen LogP contribution in [0.2, 0.25) is 0 Å². The average Bonchev–Trinajstić information content (AvgIpc) is 2.99. The molecule has 6 nitrogen and oxygen atoms in total. The van der Waals surface area contributed by atoms with E-state index in [0.717, 1.165) is 0 Å². The van der Waals surface area contributed by atoms with Crippen molar-refractivity contribution in [2.24, 2.45) is 0 Å². The van der Waals surface area contributed by atoms with Gasteiger partial charge >= 0.3 is 0 Å². The van der Waals surface area contributed by atoms with Crippen LogP contribution in [0.1, 0.15) is 5.69 Å². The molecular weight excluding hydrogens is 317 g/mol. The molecule has 8 heteroatoms. The second-order valence-corrected chi connectivity index (χ2v) is 6.06. The van der Waals surface area contributed by atoms with E-state index in [9.17, 15) is 8.60 Å². The summed E-state index contributed by atoms with van der Waals surface area (Å²) in [5, 5.41) is 3.18. The summed E-state index contributed by atoms with van der Waals surface area (Å²) >= 11 is 0. The molecular formula is C15H14FN5OS. The number of nitrogens with one attached hydrogen (secondary N) is 1. The Morgan fingerprint density at radius 1 is 1.30 bits per heavy atom. The van der Waals surface area contributed by atoms with Crippen molar-refractivity contribution in [3.05, 3.63) is 60.6 Å². The molecule has 3 heterocycles. The molecule has 3 rings (SSSR count). The highest BCUT2D eigenvalue weighted by Crippen LogP contribution is 2.20. The molecule has 0 aromatic carbocycles. The van der Waals surface area contributed by atoms with E-state index >= 15 is 0 Å². The largest absolute Gasteiger partial charge is 0.314 e. The molecule has 0 fully saturated rings. The Labute approximate surface area is 134 Å². The molecule has 0 amide bonds. The Morgan fingerprint density at radius 2 is 2.13 bits per heavy atom. The molecule has 0 aliphatic rings. The minimum Gasteiger partial charge on any atom is -0.314 e. The van der Waals surface area contributed by atoms with Gasteiger partial charge in [-0.1, -0.05) is 0 Å². The molecule has 1 atom stereocenters. The van der Waals surface area contributed by atoms with Gasteiger partial charge < -0.3 is 5.32 Å². The Kier molecular flexibility index (Phi) is 4.54. The fourth-order valence-electron chi connectivity index (χ4n) is 2.08. The minimum atomic E-state index is -1.59. The highest BCUT2D eigenvalue weighted by atomic mass is 32.2. The lowest BCUT2D eigenvalue weighted by Crippen LogP contribution is -2.07. The molecule has 0 aliphatic carbocycles. The zero-order valence-corrected chi connectivity index (χ0v) is 13.1. The summed E-state index contributed by atoms with van der Waals surface area (Å²) in [6.07, 6.45) is 6.21. The van der Waals surface area contributed by atoms with Crippen molar-refractivity contribution in [2.45, 2.75) is 16.6 Å². The summed E-state index contributed by atoms with van der Waals surface area (Å²) in [6, 6.07) is 6.18. The van der Waals surface area contributed by atoms with Crippen molar-refractivity contribution in [1.29, 1.82) is 0 Å². The molecule has 1 unspecified atom stereocenters. The van der Waals surface area contributed by atoms with Gasteiger partial charge in [-0.25, -0.2) is 18.6 Å². The van der Waals surface area contributed by atoms with Gasteiger partial charge in [-0.3, -0.25) is 9.55 Å². The van der Waals surface area contributed by atoms with E-state index < -0.39 is 16.6 Å². The first-order valence-electron chi connectivity index (χ1n) is 6.86. The standard InChI is InChI=1S/C15H14FN5OS/c1-17-8-11-10-21(14-13(16)5-3-7-19-14)15(20-11)23(22)12-4-2-6-18-9-12/h2-7,9-10,17H,8H2,1H3. The van der Waals surface area contributed by atoms with Gasteiger partial charge in [-0.2, -0.15) is 0 Å². The normalized spacial score (nSPS) is 12.3. The van der Waals surface area contributed by atoms with E-state index in [1.807, 2.05) is 0 Å². The van der Waals surface area contributed by atoms with Crippen molar-refractivity contribution in [3.63, 3.8) is 0 Å². The Balaban J connectivity index is 2.12. The van der Waals surface area contributed by atoms with Gasteiger partial charge in [0.1, 0.15) is 10.8 Å². The number of rotatable bonds is 5. The summed E-state index contributed by atoms with van der Waals surface area (Å²) < 4.78 is 28.3. The first-order chi connectivity index (χ1) is 11.2. The van der Waals surface area contributed by atoms with E-state index in [-0.39, 0.29) is 11.0 Å². The predicted octanol–water partition coefficient (Wildman–Crippen LogP) is 1.69. The van der Waals surface area contributed by atoms with Crippen molar-refractivity contribution >= 4 is 10.8 Å². The van der Waals surface area contributed by atoms with E-state index in [1.54, 1.807) is 31.6 Å². The zero-order valence-electron chi connectivity index (χ0n) is 12.3. The van der Waals surface area contributed by atoms with Crippen LogP contribution in [-0.4, -0.2) is 30.8 Å². The molecule has 0 bridgehead atoms. The van der Waals surface area contributed by atoms with Crippen LogP contribution in [-0.2, 0) is 17.3 Å². The van der Waals surface area contributed by atoms with Gasteiger partial charge in [-0.15, -0.1) is 0 Å². The molecule has 0 saturated heterocycles. The third kappa shape index (κ3) is 3.17. The average molecular weight is 331 g/mol. The Morgan fingerprint density at radius 3 is 2.83 bits per heavy atom. The summed E-state index contributed by atoms with van der Waals surface area (Å²) in [5.74, 6) is -0.445. The quantitative estimate of drug-likeness (QED) is 0.770. The molecule has 0 radical (unpaired) electrons. The molecule has 0 aliphatic heterocycles. The number of imidazole rings is 1. The third-order valence-corrected chi connectivity index (χ3v) is 4.35. The van der Waals surface area contributed by atoms with Crippen LogP contribution in [0.5, 0.6) is 0 Å². The maximum atomic E-state index is 14.1. The van der Waals surface area contributed by atoms with E-state index in [4.69, 9.17) is 0 Å². The van der Waals surface area contributed by atoms with Gasteiger partial charge in [0.25, 0.3) is 0 Å². The second kappa shape index (κ2) is 6.76. The van der Waals surface area contributed by atoms with E-state index in [1.165, 1.54) is 29.1 Å². The van der Waals surface area contributed by atoms with Crippen LogP contribution in [0.4, 0.5) is 4.39 Å². The van der Waals surface area contributed by atoms with Crippen LogP contribution >= 0.6 is 0 Å². The van der Waals surface area contributed by atoms with Crippen molar-refractivity contribution in [2.75, 3.05) is 7.05 Å². The van der Waals surface area contributed by atoms with Crippen LogP contribution in [0, 0.1) is 5.82 Å². The fraction of sp³-hybridized carbons (Fsp3) is 0.133. The number of hydrogen-bond donors (Lipinski definition) is 1. The maximum absolute atomic E-state index is 14.1. The SMILES string of the molecule is CNCc1cn(-c2ncccc2F)c(S(=O)c2cccnc2)n1. The predicted molar refractivity (Wildman–Crippen MR) is 83.0 cm³/mol. The molecule has 0 spiro atoms. The second-order valence-electron chi connectivity index (χ2n) is 4.68. The van der Waals surface area contributed by atoms with Gasteiger partial charge in [0.15, 0.2) is 11.6 Å². The lowest BCUT2D eigenvalue weighted by molar-refractivity contribution is 0.601. The van der Waals surface area contributed by atoms with Gasteiger partial charge in [0, 0.05) is 31.3 Å². The van der Waals surface area contributed by atoms with Crippen LogP contribution in [0.15, 0.2) is 59.1 Å². The molecule has 3 aromatic rings. The Hall–Kier alpha value is -2.45. The van der Waals surface area contributed by atoms with Crippen molar-refractivity contribution in [1.82, 2.24) is 24.8 Å². The topological polar surface area (TPSA) is 72.7 Å². The van der Waals surface area contributed by atoms with E-state index in [0.29, 0.717) is 17.1 Å². The number of hydrogen-bond acceptors (Lipinski definition) is 5. The minimum absolute atomic E-state index is 0.0644. The molecule has 118 valence electrons. The smallest absolute Gasteiger partial charge is 0.210 e. The zero-order chi connectivity index (χ0) is 16.2. The fourth-order valence-corrected chi connectivity index (χ4v) is 3.16. The van der Waals surface area contributed by atoms with Gasteiger partial charge in [-0.05, 0) is 31.3 Å². The molecule has 23 heavy (non-hydrogen) atoms. The molecule has 1 N–H and O–H groups in total. The highest BCUT2D eigenvalue weighted by Gasteiger charge is 2.20. The number of halogens is 1. The van der Waals surface area contributed by atoms with Gasteiger partial charge in [0.05, 0.1) is 10.6 Å². The summed E-state index contributed by atoms with van der Waals surface area (Å²) in [6.45, 7) is 0.471. The number of aromatic nitrogens is 4. The third-order valence-electron chi connectivity index (χ3n) is 3.06. The van der Waals surface area contributed by atoms with Crippen LogP contribution in [0.3, 0.4) is 0 Å². The monoisotopic (exact) mass is 331 g/mol. The number of pyridine rings is 2. The summed E-state index contributed by atoms with van der Waals surface area (Å²) in [7, 11) is 0.181. The highest BCUT2D eigenvalue weighted by molar-refractivity contribution is 7.85. The lowest BCUT2D eigenvalue weighted by atomic mass is 10.4. The first kappa shape index (κ1) is 15.4. The lowest BCUT2D eigenvalue weighted by Gasteiger charge is -2.07. The molecule has 0 saturated carbocycles. The van der Waals surface area contributed by atoms with Crippen LogP contribution < -0.4 is 5.32 Å². The molecule has 3 aromatic heterocycles.